The zero-order valence-electron chi connectivity index (χ0n) is 21.3. The Bertz CT molecular complexity index is 792. The van der Waals surface area contributed by atoms with Crippen LogP contribution in [0, 0.1) is 40.9 Å². The standard InChI is InChI=1S/C29H47NO2/c1-17-12-26-27(30(5)16-17)19(3)29(32-26)11-9-22-23-7-6-20-13-21(31)8-10-28(20,4)25(23)14-24(22)18(2)15-29/h17,19-23,25-27,31H,6-16H2,1-5H3/t17-,19+,20+,21+,22-,23-,25-,26+,27-,28-,29-/m0/s1. The summed E-state index contributed by atoms with van der Waals surface area (Å²) in [5, 5.41) is 10.3. The number of piperidine rings is 1. The molecule has 180 valence electrons. The summed E-state index contributed by atoms with van der Waals surface area (Å²) in [4.78, 5) is 2.63. The van der Waals surface area contributed by atoms with Gasteiger partial charge in [0.05, 0.1) is 17.8 Å². The molecule has 0 aromatic heterocycles. The minimum absolute atomic E-state index is 0.0392. The van der Waals surface area contributed by atoms with Gasteiger partial charge in [-0.2, -0.15) is 0 Å². The van der Waals surface area contributed by atoms with Crippen molar-refractivity contribution >= 4 is 0 Å². The molecule has 6 aliphatic rings. The van der Waals surface area contributed by atoms with Gasteiger partial charge in [-0.15, -0.1) is 0 Å². The Morgan fingerprint density at radius 3 is 2.69 bits per heavy atom. The number of hydrogen-bond donors (Lipinski definition) is 1. The van der Waals surface area contributed by atoms with Crippen molar-refractivity contribution in [3.8, 4) is 0 Å². The lowest BCUT2D eigenvalue weighted by molar-refractivity contribution is -0.0829. The number of aliphatic hydroxyl groups excluding tert-OH is 1. The molecule has 1 spiro atoms. The molecule has 0 aromatic carbocycles. The van der Waals surface area contributed by atoms with E-state index in [0.29, 0.717) is 23.5 Å². The SMILES string of the molecule is CC1=C2C[C@H]3[C@@H](CC[C@@H]4C[C@H](O)CC[C@@]43C)[C@@H]2CC[C@@]2(C1)O[C@@H]1C[C@H](C)CN(C)[C@H]1[C@H]2C. The van der Waals surface area contributed by atoms with Crippen LogP contribution in [0.4, 0.5) is 0 Å². The van der Waals surface area contributed by atoms with Gasteiger partial charge in [-0.05, 0) is 113 Å². The molecule has 1 N–H and O–H groups in total. The van der Waals surface area contributed by atoms with E-state index in [1.165, 1.54) is 57.9 Å². The van der Waals surface area contributed by atoms with Crippen molar-refractivity contribution in [2.75, 3.05) is 13.6 Å². The Morgan fingerprint density at radius 1 is 1.06 bits per heavy atom. The molecule has 32 heavy (non-hydrogen) atoms. The third-order valence-corrected chi connectivity index (χ3v) is 12.0. The van der Waals surface area contributed by atoms with E-state index in [0.717, 1.165) is 42.4 Å². The summed E-state index contributed by atoms with van der Waals surface area (Å²) in [5.41, 5.74) is 4.07. The van der Waals surface area contributed by atoms with E-state index in [1.807, 2.05) is 5.57 Å². The Morgan fingerprint density at radius 2 is 1.88 bits per heavy atom. The molecule has 2 heterocycles. The second kappa shape index (κ2) is 7.56. The summed E-state index contributed by atoms with van der Waals surface area (Å²) in [5.74, 6) is 4.67. The predicted octanol–water partition coefficient (Wildman–Crippen LogP) is 5.81. The highest BCUT2D eigenvalue weighted by Gasteiger charge is 2.59. The summed E-state index contributed by atoms with van der Waals surface area (Å²) in [6.45, 7) is 11.2. The molecule has 4 aliphatic carbocycles. The first-order valence-corrected chi connectivity index (χ1v) is 14.0. The fraction of sp³-hybridized carbons (Fsp3) is 0.931. The quantitative estimate of drug-likeness (QED) is 0.481. The van der Waals surface area contributed by atoms with Gasteiger partial charge in [-0.3, -0.25) is 0 Å². The van der Waals surface area contributed by atoms with E-state index in [9.17, 15) is 5.11 Å². The van der Waals surface area contributed by atoms with Crippen LogP contribution < -0.4 is 0 Å². The highest BCUT2D eigenvalue weighted by Crippen LogP contribution is 2.65. The number of hydrogen-bond acceptors (Lipinski definition) is 3. The molecule has 2 aliphatic heterocycles. The lowest BCUT2D eigenvalue weighted by Crippen LogP contribution is -2.49. The number of fused-ring (bicyclic) bond motifs is 6. The lowest BCUT2D eigenvalue weighted by atomic mass is 9.52. The summed E-state index contributed by atoms with van der Waals surface area (Å²) < 4.78 is 7.11. The summed E-state index contributed by atoms with van der Waals surface area (Å²) in [6.07, 6.45) is 12.9. The molecule has 3 saturated carbocycles. The van der Waals surface area contributed by atoms with Gasteiger partial charge in [0.15, 0.2) is 0 Å². The second-order valence-corrected chi connectivity index (χ2v) is 13.6. The van der Waals surface area contributed by atoms with E-state index in [-0.39, 0.29) is 11.7 Å². The van der Waals surface area contributed by atoms with Crippen molar-refractivity contribution in [1.29, 1.82) is 0 Å². The van der Waals surface area contributed by atoms with Gasteiger partial charge in [0.2, 0.25) is 0 Å². The summed E-state index contributed by atoms with van der Waals surface area (Å²) >= 11 is 0. The van der Waals surface area contributed by atoms with Crippen LogP contribution >= 0.6 is 0 Å². The van der Waals surface area contributed by atoms with E-state index < -0.39 is 0 Å². The molecular formula is C29H47NO2. The lowest BCUT2D eigenvalue weighted by Gasteiger charge is -2.53. The van der Waals surface area contributed by atoms with Crippen molar-refractivity contribution in [2.45, 2.75) is 116 Å². The average molecular weight is 442 g/mol. The smallest absolute Gasteiger partial charge is 0.0765 e. The maximum atomic E-state index is 10.3. The topological polar surface area (TPSA) is 32.7 Å². The third-order valence-electron chi connectivity index (χ3n) is 12.0. The van der Waals surface area contributed by atoms with Crippen LogP contribution in [0.3, 0.4) is 0 Å². The van der Waals surface area contributed by atoms with Crippen LogP contribution in [0.5, 0.6) is 0 Å². The van der Waals surface area contributed by atoms with Crippen molar-refractivity contribution in [3.05, 3.63) is 11.1 Å². The molecular weight excluding hydrogens is 394 g/mol. The van der Waals surface area contributed by atoms with Crippen molar-refractivity contribution in [1.82, 2.24) is 4.90 Å². The molecule has 0 aromatic rings. The van der Waals surface area contributed by atoms with E-state index in [1.54, 1.807) is 5.57 Å². The number of nitrogens with zero attached hydrogens (tertiary/aromatic N) is 1. The van der Waals surface area contributed by atoms with E-state index in [2.05, 4.69) is 39.6 Å². The number of likely N-dealkylation sites (N-methyl/N-ethyl adjacent to an activating group) is 1. The van der Waals surface area contributed by atoms with Crippen LogP contribution in [0.15, 0.2) is 11.1 Å². The van der Waals surface area contributed by atoms with Crippen molar-refractivity contribution in [3.63, 3.8) is 0 Å². The molecule has 0 radical (unpaired) electrons. The van der Waals surface area contributed by atoms with Gasteiger partial charge in [0.25, 0.3) is 0 Å². The molecule has 0 amide bonds. The number of rotatable bonds is 0. The normalized spacial score (nSPS) is 55.9. The Balaban J connectivity index is 1.28. The van der Waals surface area contributed by atoms with Crippen LogP contribution in [-0.4, -0.2) is 47.4 Å². The third kappa shape index (κ3) is 3.09. The highest BCUT2D eigenvalue weighted by molar-refractivity contribution is 5.29. The van der Waals surface area contributed by atoms with Gasteiger partial charge in [0.1, 0.15) is 0 Å². The van der Waals surface area contributed by atoms with Gasteiger partial charge in [-0.25, -0.2) is 0 Å². The molecule has 11 atom stereocenters. The number of aliphatic hydroxyl groups is 1. The molecule has 3 nitrogen and oxygen atoms in total. The predicted molar refractivity (Wildman–Crippen MR) is 129 cm³/mol. The second-order valence-electron chi connectivity index (χ2n) is 13.6. The van der Waals surface area contributed by atoms with Gasteiger partial charge >= 0.3 is 0 Å². The average Bonchev–Trinajstić information content (AvgIpc) is 3.19. The van der Waals surface area contributed by atoms with Crippen molar-refractivity contribution in [2.24, 2.45) is 40.9 Å². The minimum atomic E-state index is -0.0392. The first kappa shape index (κ1) is 22.1. The minimum Gasteiger partial charge on any atom is -0.393 e. The number of likely N-dealkylation sites (tertiary alicyclic amines) is 1. The maximum absolute atomic E-state index is 10.3. The van der Waals surface area contributed by atoms with Crippen LogP contribution in [0.1, 0.15) is 91.9 Å². The zero-order valence-corrected chi connectivity index (χ0v) is 21.3. The Hall–Kier alpha value is -0.380. The first-order valence-electron chi connectivity index (χ1n) is 14.0. The van der Waals surface area contributed by atoms with Crippen LogP contribution in [-0.2, 0) is 4.74 Å². The molecule has 6 rings (SSSR count). The largest absolute Gasteiger partial charge is 0.393 e. The molecule has 5 fully saturated rings. The molecule has 0 unspecified atom stereocenters. The van der Waals surface area contributed by atoms with Gasteiger partial charge in [0, 0.05) is 18.5 Å². The summed E-state index contributed by atoms with van der Waals surface area (Å²) in [7, 11) is 2.34. The number of ether oxygens (including phenoxy) is 1. The molecule has 0 bridgehead atoms. The fourth-order valence-electron chi connectivity index (χ4n) is 10.4. The Kier molecular flexibility index (Phi) is 5.22. The van der Waals surface area contributed by atoms with Gasteiger partial charge < -0.3 is 14.7 Å². The van der Waals surface area contributed by atoms with Crippen molar-refractivity contribution < 1.29 is 9.84 Å². The Labute approximate surface area is 196 Å². The van der Waals surface area contributed by atoms with Crippen LogP contribution in [0.2, 0.25) is 0 Å². The fourth-order valence-corrected chi connectivity index (χ4v) is 10.4. The highest BCUT2D eigenvalue weighted by atomic mass is 16.5. The zero-order chi connectivity index (χ0) is 22.4. The maximum Gasteiger partial charge on any atom is 0.0765 e. The van der Waals surface area contributed by atoms with Gasteiger partial charge in [-0.1, -0.05) is 31.9 Å². The summed E-state index contributed by atoms with van der Waals surface area (Å²) in [6, 6.07) is 0.609. The monoisotopic (exact) mass is 441 g/mol. The number of allylic oxidation sites excluding steroid dienone is 1. The van der Waals surface area contributed by atoms with Crippen LogP contribution in [0.25, 0.3) is 0 Å². The molecule has 3 heteroatoms. The van der Waals surface area contributed by atoms with E-state index in [4.69, 9.17) is 4.74 Å². The van der Waals surface area contributed by atoms with E-state index >= 15 is 0 Å². The molecule has 2 saturated heterocycles. The first-order chi connectivity index (χ1) is 15.2.